The number of hydrogen-bond acceptors (Lipinski definition) is 4. The van der Waals surface area contributed by atoms with Gasteiger partial charge in [-0.25, -0.2) is 0 Å². The first-order valence-corrected chi connectivity index (χ1v) is 6.37. The summed E-state index contributed by atoms with van der Waals surface area (Å²) < 4.78 is 4.84. The minimum atomic E-state index is -0.348. The summed E-state index contributed by atoms with van der Waals surface area (Å²) in [4.78, 5) is 37.0. The fourth-order valence-corrected chi connectivity index (χ4v) is 2.09. The van der Waals surface area contributed by atoms with E-state index in [9.17, 15) is 14.4 Å². The van der Waals surface area contributed by atoms with Crippen LogP contribution in [0.25, 0.3) is 0 Å². The highest BCUT2D eigenvalue weighted by Gasteiger charge is 2.34. The first-order valence-electron chi connectivity index (χ1n) is 6.37. The van der Waals surface area contributed by atoms with Crippen molar-refractivity contribution in [3.63, 3.8) is 0 Å². The van der Waals surface area contributed by atoms with E-state index in [-0.39, 0.29) is 23.3 Å². The highest BCUT2D eigenvalue weighted by atomic mass is 16.5. The van der Waals surface area contributed by atoms with Gasteiger partial charge in [0.15, 0.2) is 0 Å². The molecule has 3 amide bonds. The van der Waals surface area contributed by atoms with Crippen molar-refractivity contribution in [2.45, 2.75) is 6.92 Å². The van der Waals surface area contributed by atoms with Crippen molar-refractivity contribution in [1.29, 1.82) is 0 Å². The van der Waals surface area contributed by atoms with Crippen molar-refractivity contribution in [3.05, 3.63) is 34.9 Å². The summed E-state index contributed by atoms with van der Waals surface area (Å²) in [6, 6.07) is 4.54. The van der Waals surface area contributed by atoms with E-state index >= 15 is 0 Å². The number of fused-ring (bicyclic) bond motifs is 1. The predicted octanol–water partition coefficient (Wildman–Crippen LogP) is 0.679. The minimum Gasteiger partial charge on any atom is -0.383 e. The molecule has 0 saturated carbocycles. The number of benzene rings is 1. The average molecular weight is 276 g/mol. The standard InChI is InChI=1S/C14H16N2O4/c1-3-16-13(18)10-5-4-9(8-11(10)14(16)19)12(17)15-6-7-20-2/h4-5,8H,3,6-7H2,1-2H3,(H,15,17). The number of ether oxygens (including phenoxy) is 1. The van der Waals surface area contributed by atoms with E-state index in [1.807, 2.05) is 0 Å². The normalized spacial score (nSPS) is 13.6. The van der Waals surface area contributed by atoms with Crippen LogP contribution in [0.4, 0.5) is 0 Å². The lowest BCUT2D eigenvalue weighted by Crippen LogP contribution is -2.29. The number of imide groups is 1. The second kappa shape index (κ2) is 5.83. The highest BCUT2D eigenvalue weighted by molar-refractivity contribution is 6.22. The fraction of sp³-hybridized carbons (Fsp3) is 0.357. The smallest absolute Gasteiger partial charge is 0.261 e. The van der Waals surface area contributed by atoms with Gasteiger partial charge in [-0.2, -0.15) is 0 Å². The van der Waals surface area contributed by atoms with Crippen molar-refractivity contribution in [2.24, 2.45) is 0 Å². The van der Waals surface area contributed by atoms with Crippen molar-refractivity contribution < 1.29 is 19.1 Å². The van der Waals surface area contributed by atoms with Crippen molar-refractivity contribution in [1.82, 2.24) is 10.2 Å². The monoisotopic (exact) mass is 276 g/mol. The maximum absolute atomic E-state index is 12.0. The lowest BCUT2D eigenvalue weighted by molar-refractivity contribution is 0.0662. The minimum absolute atomic E-state index is 0.288. The number of hydrogen-bond donors (Lipinski definition) is 1. The second-order valence-corrected chi connectivity index (χ2v) is 4.36. The number of rotatable bonds is 5. The van der Waals surface area contributed by atoms with Gasteiger partial charge in [0.1, 0.15) is 0 Å². The lowest BCUT2D eigenvalue weighted by Gasteiger charge is -2.08. The Labute approximate surface area is 116 Å². The molecule has 1 N–H and O–H groups in total. The summed E-state index contributed by atoms with van der Waals surface area (Å²) in [6.45, 7) is 2.86. The van der Waals surface area contributed by atoms with Gasteiger partial charge < -0.3 is 10.1 Å². The number of nitrogens with zero attached hydrogens (tertiary/aromatic N) is 1. The first-order chi connectivity index (χ1) is 9.60. The zero-order valence-electron chi connectivity index (χ0n) is 11.4. The molecule has 0 spiro atoms. The largest absolute Gasteiger partial charge is 0.383 e. The van der Waals surface area contributed by atoms with E-state index in [1.54, 1.807) is 20.1 Å². The molecule has 1 aromatic carbocycles. The third kappa shape index (κ3) is 2.42. The molecule has 6 heteroatoms. The molecule has 0 atom stereocenters. The molecule has 106 valence electrons. The van der Waals surface area contributed by atoms with Crippen LogP contribution in [-0.2, 0) is 4.74 Å². The number of nitrogens with one attached hydrogen (secondary N) is 1. The van der Waals surface area contributed by atoms with Crippen LogP contribution in [0.2, 0.25) is 0 Å². The zero-order chi connectivity index (χ0) is 14.7. The Morgan fingerprint density at radius 2 is 1.95 bits per heavy atom. The van der Waals surface area contributed by atoms with Crippen molar-refractivity contribution in [2.75, 3.05) is 26.8 Å². The predicted molar refractivity (Wildman–Crippen MR) is 71.7 cm³/mol. The molecule has 20 heavy (non-hydrogen) atoms. The molecule has 0 radical (unpaired) electrons. The van der Waals surface area contributed by atoms with Gasteiger partial charge in [-0.1, -0.05) is 0 Å². The first kappa shape index (κ1) is 14.2. The molecule has 0 saturated heterocycles. The number of amides is 3. The van der Waals surface area contributed by atoms with Gasteiger partial charge in [0, 0.05) is 25.8 Å². The zero-order valence-corrected chi connectivity index (χ0v) is 11.4. The van der Waals surface area contributed by atoms with Crippen LogP contribution < -0.4 is 5.32 Å². The third-order valence-corrected chi connectivity index (χ3v) is 3.14. The van der Waals surface area contributed by atoms with Crippen LogP contribution in [0.15, 0.2) is 18.2 Å². The molecule has 0 aromatic heterocycles. The van der Waals surface area contributed by atoms with Crippen LogP contribution in [0.5, 0.6) is 0 Å². The molecule has 1 aliphatic heterocycles. The summed E-state index contributed by atoms with van der Waals surface area (Å²) in [5, 5.41) is 2.67. The van der Waals surface area contributed by atoms with Gasteiger partial charge in [0.25, 0.3) is 17.7 Å². The summed E-state index contributed by atoms with van der Waals surface area (Å²) in [5.41, 5.74) is 1.00. The Bertz CT molecular complexity index is 568. The van der Waals surface area contributed by atoms with Gasteiger partial charge in [-0.3, -0.25) is 19.3 Å². The molecule has 1 heterocycles. The van der Waals surface area contributed by atoms with E-state index in [0.717, 1.165) is 4.90 Å². The van der Waals surface area contributed by atoms with Crippen LogP contribution >= 0.6 is 0 Å². The Hall–Kier alpha value is -2.21. The van der Waals surface area contributed by atoms with E-state index < -0.39 is 0 Å². The second-order valence-electron chi connectivity index (χ2n) is 4.36. The molecule has 1 aliphatic rings. The molecule has 0 fully saturated rings. The molecular formula is C14H16N2O4. The Morgan fingerprint density at radius 1 is 1.25 bits per heavy atom. The third-order valence-electron chi connectivity index (χ3n) is 3.14. The molecule has 1 aromatic rings. The van der Waals surface area contributed by atoms with E-state index in [0.29, 0.717) is 30.8 Å². The summed E-state index contributed by atoms with van der Waals surface area (Å²) >= 11 is 0. The molecule has 6 nitrogen and oxygen atoms in total. The summed E-state index contributed by atoms with van der Waals surface area (Å²) in [7, 11) is 1.55. The fourth-order valence-electron chi connectivity index (χ4n) is 2.09. The molecule has 0 unspecified atom stereocenters. The average Bonchev–Trinajstić information content (AvgIpc) is 2.70. The maximum atomic E-state index is 12.0. The van der Waals surface area contributed by atoms with E-state index in [2.05, 4.69) is 5.32 Å². The number of carbonyl (C=O) groups excluding carboxylic acids is 3. The Morgan fingerprint density at radius 3 is 2.60 bits per heavy atom. The Kier molecular flexibility index (Phi) is 4.14. The highest BCUT2D eigenvalue weighted by Crippen LogP contribution is 2.23. The van der Waals surface area contributed by atoms with Crippen LogP contribution in [0.3, 0.4) is 0 Å². The van der Waals surface area contributed by atoms with Crippen LogP contribution in [0, 0.1) is 0 Å². The topological polar surface area (TPSA) is 75.7 Å². The lowest BCUT2D eigenvalue weighted by atomic mass is 10.1. The summed E-state index contributed by atoms with van der Waals surface area (Å²) in [6.07, 6.45) is 0. The van der Waals surface area contributed by atoms with Crippen LogP contribution in [-0.4, -0.2) is 49.4 Å². The SMILES string of the molecule is CCN1C(=O)c2ccc(C(=O)NCCOC)cc2C1=O. The molecular weight excluding hydrogens is 260 g/mol. The van der Waals surface area contributed by atoms with Crippen molar-refractivity contribution in [3.8, 4) is 0 Å². The van der Waals surface area contributed by atoms with Crippen molar-refractivity contribution >= 4 is 17.7 Å². The summed E-state index contributed by atoms with van der Waals surface area (Å²) in [5.74, 6) is -0.946. The van der Waals surface area contributed by atoms with Gasteiger partial charge in [-0.15, -0.1) is 0 Å². The number of carbonyl (C=O) groups is 3. The van der Waals surface area contributed by atoms with Gasteiger partial charge in [0.05, 0.1) is 17.7 Å². The molecule has 0 bridgehead atoms. The van der Waals surface area contributed by atoms with Gasteiger partial charge >= 0.3 is 0 Å². The van der Waals surface area contributed by atoms with E-state index in [4.69, 9.17) is 4.74 Å². The molecule has 2 rings (SSSR count). The van der Waals surface area contributed by atoms with Gasteiger partial charge in [0.2, 0.25) is 0 Å². The molecule has 0 aliphatic carbocycles. The van der Waals surface area contributed by atoms with Crippen LogP contribution in [0.1, 0.15) is 38.0 Å². The Balaban J connectivity index is 2.22. The quantitative estimate of drug-likeness (QED) is 0.634. The van der Waals surface area contributed by atoms with E-state index in [1.165, 1.54) is 12.1 Å². The number of methoxy groups -OCH3 is 1. The maximum Gasteiger partial charge on any atom is 0.261 e. The van der Waals surface area contributed by atoms with Gasteiger partial charge in [-0.05, 0) is 25.1 Å².